The van der Waals surface area contributed by atoms with E-state index in [0.717, 1.165) is 24.3 Å². The van der Waals surface area contributed by atoms with Gasteiger partial charge in [0.25, 0.3) is 5.91 Å². The van der Waals surface area contributed by atoms with Crippen LogP contribution in [0, 0.1) is 5.92 Å². The van der Waals surface area contributed by atoms with Crippen molar-refractivity contribution < 1.29 is 4.79 Å². The first-order chi connectivity index (χ1) is 7.75. The Morgan fingerprint density at radius 3 is 3.12 bits per heavy atom. The van der Waals surface area contributed by atoms with Gasteiger partial charge in [0.05, 0.1) is 4.88 Å². The minimum Gasteiger partial charge on any atom is -0.351 e. The largest absolute Gasteiger partial charge is 0.351 e. The summed E-state index contributed by atoms with van der Waals surface area (Å²) in [4.78, 5) is 12.5. The van der Waals surface area contributed by atoms with E-state index in [-0.39, 0.29) is 5.91 Å². The number of amides is 1. The molecule has 1 aromatic rings. The molecule has 1 aromatic heterocycles. The van der Waals surface area contributed by atoms with Crippen LogP contribution in [0.5, 0.6) is 0 Å². The second kappa shape index (κ2) is 5.69. The lowest BCUT2D eigenvalue weighted by Gasteiger charge is -2.25. The van der Waals surface area contributed by atoms with Crippen LogP contribution in [0.3, 0.4) is 0 Å². The highest BCUT2D eigenvalue weighted by Crippen LogP contribution is 2.27. The number of carbonyl (C=O) groups is 1. The maximum Gasteiger partial charge on any atom is 0.261 e. The van der Waals surface area contributed by atoms with Gasteiger partial charge in [0, 0.05) is 11.9 Å². The molecule has 0 aromatic carbocycles. The van der Waals surface area contributed by atoms with Crippen LogP contribution in [0.1, 0.15) is 35.4 Å². The maximum atomic E-state index is 11.7. The first kappa shape index (κ1) is 11.9. The highest BCUT2D eigenvalue weighted by molar-refractivity contribution is 7.12. The fourth-order valence-corrected chi connectivity index (χ4v) is 3.19. The SMILES string of the molecule is O=C(NCC1CCCC(Cl)C1)c1cccs1. The molecule has 1 aliphatic rings. The molecular weight excluding hydrogens is 242 g/mol. The van der Waals surface area contributed by atoms with Crippen LogP contribution >= 0.6 is 22.9 Å². The molecule has 0 bridgehead atoms. The van der Waals surface area contributed by atoms with Crippen molar-refractivity contribution in [2.75, 3.05) is 6.54 Å². The Bertz CT molecular complexity index is 339. The number of alkyl halides is 1. The molecule has 88 valence electrons. The summed E-state index contributed by atoms with van der Waals surface area (Å²) in [7, 11) is 0. The van der Waals surface area contributed by atoms with Gasteiger partial charge < -0.3 is 5.32 Å². The third-order valence-electron chi connectivity index (χ3n) is 3.02. The molecule has 2 nitrogen and oxygen atoms in total. The zero-order chi connectivity index (χ0) is 11.4. The molecule has 4 heteroatoms. The van der Waals surface area contributed by atoms with Crippen LogP contribution in [0.2, 0.25) is 0 Å². The van der Waals surface area contributed by atoms with Gasteiger partial charge in [-0.05, 0) is 36.6 Å². The lowest BCUT2D eigenvalue weighted by molar-refractivity contribution is 0.0948. The van der Waals surface area contributed by atoms with Gasteiger partial charge in [0.15, 0.2) is 0 Å². The number of nitrogens with one attached hydrogen (secondary N) is 1. The number of carbonyl (C=O) groups excluding carboxylic acids is 1. The average Bonchev–Trinajstić information content (AvgIpc) is 2.79. The van der Waals surface area contributed by atoms with E-state index in [1.54, 1.807) is 0 Å². The molecule has 2 rings (SSSR count). The third-order valence-corrected chi connectivity index (χ3v) is 4.28. The second-order valence-electron chi connectivity index (χ2n) is 4.32. The molecule has 1 amide bonds. The van der Waals surface area contributed by atoms with E-state index >= 15 is 0 Å². The van der Waals surface area contributed by atoms with E-state index in [0.29, 0.717) is 11.3 Å². The van der Waals surface area contributed by atoms with Gasteiger partial charge in [-0.2, -0.15) is 0 Å². The molecular formula is C12H16ClNOS. The standard InChI is InChI=1S/C12H16ClNOS/c13-10-4-1-3-9(7-10)8-14-12(15)11-5-2-6-16-11/h2,5-6,9-10H,1,3-4,7-8H2,(H,14,15). The van der Waals surface area contributed by atoms with Crippen LogP contribution in [-0.2, 0) is 0 Å². The Morgan fingerprint density at radius 1 is 1.56 bits per heavy atom. The molecule has 1 aliphatic carbocycles. The summed E-state index contributed by atoms with van der Waals surface area (Å²) in [5.41, 5.74) is 0. The number of hydrogen-bond donors (Lipinski definition) is 1. The van der Waals surface area contributed by atoms with E-state index in [9.17, 15) is 4.79 Å². The normalized spacial score (nSPS) is 25.3. The predicted octanol–water partition coefficient (Wildman–Crippen LogP) is 3.28. The predicted molar refractivity (Wildman–Crippen MR) is 68.3 cm³/mol. The minimum atomic E-state index is 0.0479. The fraction of sp³-hybridized carbons (Fsp3) is 0.583. The van der Waals surface area contributed by atoms with E-state index in [2.05, 4.69) is 5.32 Å². The molecule has 0 aliphatic heterocycles. The quantitative estimate of drug-likeness (QED) is 0.828. The Labute approximate surface area is 105 Å². The second-order valence-corrected chi connectivity index (χ2v) is 5.88. The van der Waals surface area contributed by atoms with Crippen LogP contribution in [0.4, 0.5) is 0 Å². The molecule has 2 unspecified atom stereocenters. The van der Waals surface area contributed by atoms with Crippen LogP contribution in [0.15, 0.2) is 17.5 Å². The van der Waals surface area contributed by atoms with Crippen molar-refractivity contribution in [1.82, 2.24) is 5.32 Å². The van der Waals surface area contributed by atoms with Crippen molar-refractivity contribution in [2.45, 2.75) is 31.1 Å². The van der Waals surface area contributed by atoms with Gasteiger partial charge in [-0.15, -0.1) is 22.9 Å². The highest BCUT2D eigenvalue weighted by atomic mass is 35.5. The van der Waals surface area contributed by atoms with E-state index < -0.39 is 0 Å². The van der Waals surface area contributed by atoms with Gasteiger partial charge >= 0.3 is 0 Å². The number of thiophene rings is 1. The van der Waals surface area contributed by atoms with Crippen LogP contribution in [-0.4, -0.2) is 17.8 Å². The Balaban J connectivity index is 1.77. The summed E-state index contributed by atoms with van der Waals surface area (Å²) < 4.78 is 0. The first-order valence-corrected chi connectivity index (χ1v) is 7.03. The minimum absolute atomic E-state index is 0.0479. The van der Waals surface area contributed by atoms with Crippen LogP contribution in [0.25, 0.3) is 0 Å². The molecule has 0 saturated heterocycles. The van der Waals surface area contributed by atoms with Crippen molar-refractivity contribution in [1.29, 1.82) is 0 Å². The molecule has 16 heavy (non-hydrogen) atoms. The van der Waals surface area contributed by atoms with Crippen molar-refractivity contribution >= 4 is 28.8 Å². The zero-order valence-electron chi connectivity index (χ0n) is 9.12. The Kier molecular flexibility index (Phi) is 4.24. The number of hydrogen-bond acceptors (Lipinski definition) is 2. The summed E-state index contributed by atoms with van der Waals surface area (Å²) in [6, 6.07) is 3.75. The topological polar surface area (TPSA) is 29.1 Å². The zero-order valence-corrected chi connectivity index (χ0v) is 10.7. The smallest absolute Gasteiger partial charge is 0.261 e. The lowest BCUT2D eigenvalue weighted by atomic mass is 9.89. The van der Waals surface area contributed by atoms with Gasteiger partial charge in [-0.1, -0.05) is 12.5 Å². The summed E-state index contributed by atoms with van der Waals surface area (Å²) in [6.45, 7) is 0.764. The van der Waals surface area contributed by atoms with E-state index in [1.807, 2.05) is 17.5 Å². The van der Waals surface area contributed by atoms with Crippen LogP contribution < -0.4 is 5.32 Å². The van der Waals surface area contributed by atoms with Crippen molar-refractivity contribution in [3.8, 4) is 0 Å². The number of halogens is 1. The van der Waals surface area contributed by atoms with E-state index in [1.165, 1.54) is 24.2 Å². The maximum absolute atomic E-state index is 11.7. The summed E-state index contributed by atoms with van der Waals surface area (Å²) in [6.07, 6.45) is 4.53. The molecule has 1 heterocycles. The highest BCUT2D eigenvalue weighted by Gasteiger charge is 2.20. The molecule has 0 spiro atoms. The molecule has 1 N–H and O–H groups in total. The summed E-state index contributed by atoms with van der Waals surface area (Å²) in [5, 5.41) is 5.21. The van der Waals surface area contributed by atoms with Gasteiger partial charge in [0.2, 0.25) is 0 Å². The van der Waals surface area contributed by atoms with Crippen molar-refractivity contribution in [2.24, 2.45) is 5.92 Å². The van der Waals surface area contributed by atoms with Gasteiger partial charge in [-0.3, -0.25) is 4.79 Å². The Morgan fingerprint density at radius 2 is 2.44 bits per heavy atom. The first-order valence-electron chi connectivity index (χ1n) is 5.71. The van der Waals surface area contributed by atoms with Gasteiger partial charge in [-0.25, -0.2) is 0 Å². The third kappa shape index (κ3) is 3.22. The van der Waals surface area contributed by atoms with E-state index in [4.69, 9.17) is 11.6 Å². The number of rotatable bonds is 3. The summed E-state index contributed by atoms with van der Waals surface area (Å²) in [5.74, 6) is 0.604. The van der Waals surface area contributed by atoms with Gasteiger partial charge in [0.1, 0.15) is 0 Å². The van der Waals surface area contributed by atoms with Crippen molar-refractivity contribution in [3.63, 3.8) is 0 Å². The fourth-order valence-electron chi connectivity index (χ4n) is 2.14. The molecule has 1 fully saturated rings. The molecule has 2 atom stereocenters. The lowest BCUT2D eigenvalue weighted by Crippen LogP contribution is -2.31. The summed E-state index contributed by atoms with van der Waals surface area (Å²) >= 11 is 7.60. The average molecular weight is 258 g/mol. The molecule has 0 radical (unpaired) electrons. The molecule has 1 saturated carbocycles. The Hall–Kier alpha value is -0.540. The van der Waals surface area contributed by atoms with Crippen molar-refractivity contribution in [3.05, 3.63) is 22.4 Å². The monoisotopic (exact) mass is 257 g/mol.